The summed E-state index contributed by atoms with van der Waals surface area (Å²) >= 11 is 0. The highest BCUT2D eigenvalue weighted by molar-refractivity contribution is 5.82. The second kappa shape index (κ2) is 3.81. The summed E-state index contributed by atoms with van der Waals surface area (Å²) in [6, 6.07) is 0. The van der Waals surface area contributed by atoms with Crippen molar-refractivity contribution in [1.82, 2.24) is 0 Å². The normalized spacial score (nSPS) is 29.7. The third-order valence-corrected chi connectivity index (χ3v) is 3.24. The summed E-state index contributed by atoms with van der Waals surface area (Å²) in [4.78, 5) is 11.3. The highest BCUT2D eigenvalue weighted by atomic mass is 16.1. The van der Waals surface area contributed by atoms with E-state index in [0.717, 1.165) is 12.8 Å². The van der Waals surface area contributed by atoms with E-state index in [0.29, 0.717) is 23.0 Å². The monoisotopic (exact) mass is 182 g/mol. The van der Waals surface area contributed by atoms with Crippen LogP contribution in [0.15, 0.2) is 0 Å². The van der Waals surface area contributed by atoms with Crippen LogP contribution in [0.5, 0.6) is 0 Å². The third kappa shape index (κ3) is 3.13. The molecule has 1 aliphatic carbocycles. The van der Waals surface area contributed by atoms with Crippen LogP contribution < -0.4 is 0 Å². The van der Waals surface area contributed by atoms with Gasteiger partial charge in [-0.3, -0.25) is 4.79 Å². The molecule has 0 aliphatic heterocycles. The molecule has 0 radical (unpaired) electrons. The van der Waals surface area contributed by atoms with Crippen LogP contribution in [0.4, 0.5) is 0 Å². The standard InChI is InChI=1S/C12H22O/c1-9-10(5-6-11(9)13)7-8-12(2,3)4/h9-10H,5-8H2,1-4H3. The van der Waals surface area contributed by atoms with Crippen molar-refractivity contribution in [2.45, 2.75) is 53.4 Å². The summed E-state index contributed by atoms with van der Waals surface area (Å²) in [6.07, 6.45) is 4.44. The van der Waals surface area contributed by atoms with Gasteiger partial charge in [0.25, 0.3) is 0 Å². The van der Waals surface area contributed by atoms with E-state index in [-0.39, 0.29) is 0 Å². The molecule has 0 aromatic heterocycles. The number of hydrogen-bond acceptors (Lipinski definition) is 1. The Labute approximate surface area is 81.9 Å². The van der Waals surface area contributed by atoms with Crippen LogP contribution in [0.3, 0.4) is 0 Å². The first-order valence-electron chi connectivity index (χ1n) is 5.43. The summed E-state index contributed by atoms with van der Waals surface area (Å²) in [5, 5.41) is 0. The van der Waals surface area contributed by atoms with E-state index in [9.17, 15) is 4.79 Å². The molecule has 2 atom stereocenters. The SMILES string of the molecule is CC1C(=O)CCC1CCC(C)(C)C. The van der Waals surface area contributed by atoms with Gasteiger partial charge in [0.05, 0.1) is 0 Å². The van der Waals surface area contributed by atoms with Gasteiger partial charge in [-0.1, -0.05) is 27.7 Å². The van der Waals surface area contributed by atoms with Crippen LogP contribution in [0, 0.1) is 17.3 Å². The Balaban J connectivity index is 2.35. The highest BCUT2D eigenvalue weighted by Gasteiger charge is 2.31. The molecule has 1 fully saturated rings. The molecule has 2 unspecified atom stereocenters. The van der Waals surface area contributed by atoms with Gasteiger partial charge in [0.1, 0.15) is 5.78 Å². The first-order valence-corrected chi connectivity index (χ1v) is 5.43. The lowest BCUT2D eigenvalue weighted by Crippen LogP contribution is -2.14. The molecule has 0 spiro atoms. The smallest absolute Gasteiger partial charge is 0.135 e. The van der Waals surface area contributed by atoms with Crippen LogP contribution >= 0.6 is 0 Å². The van der Waals surface area contributed by atoms with Crippen LogP contribution in [0.2, 0.25) is 0 Å². The van der Waals surface area contributed by atoms with Gasteiger partial charge in [-0.05, 0) is 30.6 Å². The van der Waals surface area contributed by atoms with Gasteiger partial charge in [0.2, 0.25) is 0 Å². The Kier molecular flexibility index (Phi) is 3.15. The summed E-state index contributed by atoms with van der Waals surface area (Å²) in [7, 11) is 0. The average Bonchev–Trinajstić information content (AvgIpc) is 2.29. The zero-order chi connectivity index (χ0) is 10.1. The van der Waals surface area contributed by atoms with Crippen LogP contribution in [-0.4, -0.2) is 5.78 Å². The van der Waals surface area contributed by atoms with E-state index < -0.39 is 0 Å². The minimum absolute atomic E-state index is 0.336. The van der Waals surface area contributed by atoms with E-state index in [4.69, 9.17) is 0 Å². The van der Waals surface area contributed by atoms with Gasteiger partial charge in [-0.25, -0.2) is 0 Å². The van der Waals surface area contributed by atoms with E-state index in [1.54, 1.807) is 0 Å². The summed E-state index contributed by atoms with van der Waals surface area (Å²) < 4.78 is 0. The molecular weight excluding hydrogens is 160 g/mol. The summed E-state index contributed by atoms with van der Waals surface area (Å²) in [5.74, 6) is 1.49. The molecule has 0 bridgehead atoms. The van der Waals surface area contributed by atoms with Gasteiger partial charge in [0, 0.05) is 12.3 Å². The molecule has 1 rings (SSSR count). The lowest BCUT2D eigenvalue weighted by molar-refractivity contribution is -0.120. The minimum atomic E-state index is 0.336. The number of ketones is 1. The van der Waals surface area contributed by atoms with Crippen molar-refractivity contribution in [3.63, 3.8) is 0 Å². The van der Waals surface area contributed by atoms with Crippen molar-refractivity contribution < 1.29 is 4.79 Å². The van der Waals surface area contributed by atoms with Crippen molar-refractivity contribution in [1.29, 1.82) is 0 Å². The molecule has 0 amide bonds. The van der Waals surface area contributed by atoms with E-state index >= 15 is 0 Å². The Hall–Kier alpha value is -0.330. The molecule has 0 saturated heterocycles. The fraction of sp³-hybridized carbons (Fsp3) is 0.917. The van der Waals surface area contributed by atoms with Crippen molar-refractivity contribution in [2.24, 2.45) is 17.3 Å². The molecule has 0 aromatic carbocycles. The van der Waals surface area contributed by atoms with Gasteiger partial charge >= 0.3 is 0 Å². The Morgan fingerprint density at radius 2 is 2.00 bits per heavy atom. The Morgan fingerprint density at radius 1 is 1.38 bits per heavy atom. The number of Topliss-reactive ketones (excluding diaryl/α,β-unsaturated/α-hetero) is 1. The van der Waals surface area contributed by atoms with Crippen molar-refractivity contribution >= 4 is 5.78 Å². The third-order valence-electron chi connectivity index (χ3n) is 3.24. The lowest BCUT2D eigenvalue weighted by Gasteiger charge is -2.22. The van der Waals surface area contributed by atoms with Crippen LogP contribution in [0.1, 0.15) is 53.4 Å². The maximum atomic E-state index is 11.3. The van der Waals surface area contributed by atoms with Crippen molar-refractivity contribution in [2.75, 3.05) is 0 Å². The fourth-order valence-corrected chi connectivity index (χ4v) is 2.08. The molecule has 1 aliphatic rings. The Bertz CT molecular complexity index is 188. The predicted molar refractivity (Wildman–Crippen MR) is 55.6 cm³/mol. The minimum Gasteiger partial charge on any atom is -0.299 e. The molecule has 13 heavy (non-hydrogen) atoms. The second-order valence-electron chi connectivity index (χ2n) is 5.65. The number of carbonyl (C=O) groups excluding carboxylic acids is 1. The number of rotatable bonds is 2. The molecule has 0 heterocycles. The fourth-order valence-electron chi connectivity index (χ4n) is 2.08. The van der Waals surface area contributed by atoms with Gasteiger partial charge in [0.15, 0.2) is 0 Å². The maximum absolute atomic E-state index is 11.3. The van der Waals surface area contributed by atoms with Gasteiger partial charge in [-0.2, -0.15) is 0 Å². The second-order valence-corrected chi connectivity index (χ2v) is 5.65. The maximum Gasteiger partial charge on any atom is 0.135 e. The van der Waals surface area contributed by atoms with Gasteiger partial charge in [-0.15, -0.1) is 0 Å². The molecule has 76 valence electrons. The molecule has 0 N–H and O–H groups in total. The van der Waals surface area contributed by atoms with Crippen molar-refractivity contribution in [3.8, 4) is 0 Å². The largest absolute Gasteiger partial charge is 0.299 e. The zero-order valence-electron chi connectivity index (χ0n) is 9.39. The molecule has 1 saturated carbocycles. The summed E-state index contributed by atoms with van der Waals surface area (Å²) in [5.41, 5.74) is 0.422. The van der Waals surface area contributed by atoms with Crippen LogP contribution in [0.25, 0.3) is 0 Å². The quantitative estimate of drug-likeness (QED) is 0.639. The molecule has 1 nitrogen and oxygen atoms in total. The molecule has 0 aromatic rings. The van der Waals surface area contributed by atoms with E-state index in [2.05, 4.69) is 27.7 Å². The first-order chi connectivity index (χ1) is 5.90. The topological polar surface area (TPSA) is 17.1 Å². The van der Waals surface area contributed by atoms with Crippen LogP contribution in [-0.2, 0) is 4.79 Å². The van der Waals surface area contributed by atoms with E-state index in [1.807, 2.05) is 0 Å². The summed E-state index contributed by atoms with van der Waals surface area (Å²) in [6.45, 7) is 8.92. The molecular formula is C12H22O. The number of hydrogen-bond donors (Lipinski definition) is 0. The lowest BCUT2D eigenvalue weighted by atomic mass is 9.83. The Morgan fingerprint density at radius 3 is 2.38 bits per heavy atom. The van der Waals surface area contributed by atoms with Crippen molar-refractivity contribution in [3.05, 3.63) is 0 Å². The average molecular weight is 182 g/mol. The predicted octanol–water partition coefficient (Wildman–Crippen LogP) is 3.43. The van der Waals surface area contributed by atoms with E-state index in [1.165, 1.54) is 12.8 Å². The zero-order valence-corrected chi connectivity index (χ0v) is 9.39. The highest BCUT2D eigenvalue weighted by Crippen LogP contribution is 2.35. The first kappa shape index (κ1) is 10.7. The van der Waals surface area contributed by atoms with Gasteiger partial charge < -0.3 is 0 Å². The molecule has 1 heteroatoms. The number of carbonyl (C=O) groups is 1.